The molecule has 6 heteroatoms. The van der Waals surface area contributed by atoms with Crippen molar-refractivity contribution in [2.24, 2.45) is 0 Å². The zero-order chi connectivity index (χ0) is 29.6. The fourth-order valence-corrected chi connectivity index (χ4v) is 5.43. The van der Waals surface area contributed by atoms with Crippen LogP contribution in [0.4, 0.5) is 0 Å². The van der Waals surface area contributed by atoms with Crippen LogP contribution in [0, 0.1) is 0 Å². The van der Waals surface area contributed by atoms with Gasteiger partial charge in [-0.25, -0.2) is 15.0 Å². The van der Waals surface area contributed by atoms with E-state index in [1.165, 1.54) is 5.39 Å². The Morgan fingerprint density at radius 2 is 1.02 bits per heavy atom. The number of hydrogen-bond donors (Lipinski definition) is 0. The molecule has 0 spiro atoms. The van der Waals surface area contributed by atoms with Crippen molar-refractivity contribution in [3.05, 3.63) is 121 Å². The Labute approximate surface area is 252 Å². The van der Waals surface area contributed by atoms with E-state index >= 15 is 0 Å². The van der Waals surface area contributed by atoms with Gasteiger partial charge in [0.05, 0.1) is 11.2 Å². The highest BCUT2D eigenvalue weighted by Crippen LogP contribution is 2.37. The molecule has 0 atom stereocenters. The van der Waals surface area contributed by atoms with Crippen LogP contribution in [0.2, 0.25) is 0 Å². The minimum atomic E-state index is -0.481. The highest BCUT2D eigenvalue weighted by atomic mass is 16.7. The number of rotatable bonds is 5. The van der Waals surface area contributed by atoms with E-state index in [0.717, 1.165) is 38.7 Å². The number of aromatic nitrogens is 3. The van der Waals surface area contributed by atoms with E-state index in [2.05, 4.69) is 94.4 Å². The van der Waals surface area contributed by atoms with Crippen LogP contribution in [0.1, 0.15) is 27.7 Å². The van der Waals surface area contributed by atoms with Crippen molar-refractivity contribution in [2.75, 3.05) is 0 Å². The van der Waals surface area contributed by atoms with E-state index in [0.29, 0.717) is 17.5 Å². The standard InChI is InChI=1S/C37H32BN3O2/c1-36(2)37(3,4)43-38(42-36)30-18-12-17-28(24-30)33-39-34(29-22-21-25-13-8-9-16-27(25)23-29)41-35(40-33)32-20-11-10-19-31(32)26-14-6-5-7-15-26/h5-24H,1-4H3. The van der Waals surface area contributed by atoms with E-state index < -0.39 is 18.3 Å². The lowest BCUT2D eigenvalue weighted by atomic mass is 9.78. The van der Waals surface area contributed by atoms with E-state index in [9.17, 15) is 0 Å². The smallest absolute Gasteiger partial charge is 0.399 e. The van der Waals surface area contributed by atoms with Crippen LogP contribution in [0.25, 0.3) is 56.1 Å². The molecule has 1 aromatic heterocycles. The van der Waals surface area contributed by atoms with Crippen molar-refractivity contribution < 1.29 is 9.31 Å². The normalized spacial score (nSPS) is 15.6. The fraction of sp³-hybridized carbons (Fsp3) is 0.162. The summed E-state index contributed by atoms with van der Waals surface area (Å²) < 4.78 is 12.7. The zero-order valence-corrected chi connectivity index (χ0v) is 24.8. The first-order valence-electron chi connectivity index (χ1n) is 14.6. The predicted molar refractivity (Wildman–Crippen MR) is 175 cm³/mol. The minimum absolute atomic E-state index is 0.432. The second kappa shape index (κ2) is 10.6. The molecular formula is C37H32BN3O2. The second-order valence-corrected chi connectivity index (χ2v) is 12.0. The van der Waals surface area contributed by atoms with Crippen molar-refractivity contribution in [1.82, 2.24) is 15.0 Å². The van der Waals surface area contributed by atoms with Gasteiger partial charge < -0.3 is 9.31 Å². The van der Waals surface area contributed by atoms with Gasteiger partial charge in [-0.3, -0.25) is 0 Å². The second-order valence-electron chi connectivity index (χ2n) is 12.0. The van der Waals surface area contributed by atoms with Crippen LogP contribution >= 0.6 is 0 Å². The van der Waals surface area contributed by atoms with Gasteiger partial charge in [-0.05, 0) is 61.1 Å². The van der Waals surface area contributed by atoms with Gasteiger partial charge in [0.15, 0.2) is 17.5 Å². The molecule has 0 aliphatic carbocycles. The summed E-state index contributed by atoms with van der Waals surface area (Å²) in [6.07, 6.45) is 0. The summed E-state index contributed by atoms with van der Waals surface area (Å²) in [6.45, 7) is 8.26. The lowest BCUT2D eigenvalue weighted by Crippen LogP contribution is -2.41. The molecule has 5 aromatic carbocycles. The van der Waals surface area contributed by atoms with Crippen LogP contribution < -0.4 is 5.46 Å². The van der Waals surface area contributed by atoms with Crippen LogP contribution in [0.5, 0.6) is 0 Å². The molecule has 1 fully saturated rings. The van der Waals surface area contributed by atoms with E-state index in [1.54, 1.807) is 0 Å². The largest absolute Gasteiger partial charge is 0.494 e. The number of nitrogens with zero attached hydrogens (tertiary/aromatic N) is 3. The van der Waals surface area contributed by atoms with Gasteiger partial charge in [0, 0.05) is 16.7 Å². The average Bonchev–Trinajstić information content (AvgIpc) is 3.27. The van der Waals surface area contributed by atoms with E-state index in [4.69, 9.17) is 24.3 Å². The Kier molecular flexibility index (Phi) is 6.68. The third kappa shape index (κ3) is 5.14. The third-order valence-corrected chi connectivity index (χ3v) is 8.57. The highest BCUT2D eigenvalue weighted by Gasteiger charge is 2.51. The molecule has 0 bridgehead atoms. The molecule has 0 radical (unpaired) electrons. The molecule has 7 rings (SSSR count). The molecule has 6 aromatic rings. The summed E-state index contributed by atoms with van der Waals surface area (Å²) in [5.41, 5.74) is 4.98. The molecule has 5 nitrogen and oxygen atoms in total. The molecule has 0 amide bonds. The monoisotopic (exact) mass is 561 g/mol. The molecular weight excluding hydrogens is 529 g/mol. The molecule has 210 valence electrons. The molecule has 43 heavy (non-hydrogen) atoms. The van der Waals surface area contributed by atoms with Crippen LogP contribution in [0.3, 0.4) is 0 Å². The number of fused-ring (bicyclic) bond motifs is 1. The average molecular weight is 561 g/mol. The van der Waals surface area contributed by atoms with Crippen molar-refractivity contribution in [3.63, 3.8) is 0 Å². The Morgan fingerprint density at radius 3 is 1.74 bits per heavy atom. The molecule has 0 N–H and O–H groups in total. The van der Waals surface area contributed by atoms with Crippen LogP contribution in [0.15, 0.2) is 121 Å². The first kappa shape index (κ1) is 27.2. The minimum Gasteiger partial charge on any atom is -0.399 e. The first-order chi connectivity index (χ1) is 20.8. The van der Waals surface area contributed by atoms with Gasteiger partial charge in [-0.2, -0.15) is 0 Å². The highest BCUT2D eigenvalue weighted by molar-refractivity contribution is 6.62. The van der Waals surface area contributed by atoms with Crippen LogP contribution in [-0.2, 0) is 9.31 Å². The van der Waals surface area contributed by atoms with Gasteiger partial charge in [-0.15, -0.1) is 0 Å². The maximum absolute atomic E-state index is 6.36. The molecule has 1 saturated heterocycles. The molecule has 0 unspecified atom stereocenters. The van der Waals surface area contributed by atoms with E-state index in [1.807, 2.05) is 54.6 Å². The molecule has 1 aliphatic rings. The van der Waals surface area contributed by atoms with Crippen molar-refractivity contribution >= 4 is 23.4 Å². The van der Waals surface area contributed by atoms with Gasteiger partial charge in [0.2, 0.25) is 0 Å². The lowest BCUT2D eigenvalue weighted by Gasteiger charge is -2.32. The van der Waals surface area contributed by atoms with Crippen molar-refractivity contribution in [2.45, 2.75) is 38.9 Å². The lowest BCUT2D eigenvalue weighted by molar-refractivity contribution is 0.00578. The Hall–Kier alpha value is -4.65. The summed E-state index contributed by atoms with van der Waals surface area (Å²) >= 11 is 0. The topological polar surface area (TPSA) is 57.1 Å². The number of benzene rings is 5. The maximum Gasteiger partial charge on any atom is 0.494 e. The first-order valence-corrected chi connectivity index (χ1v) is 14.6. The fourth-order valence-electron chi connectivity index (χ4n) is 5.43. The van der Waals surface area contributed by atoms with Gasteiger partial charge in [0.25, 0.3) is 0 Å². The summed E-state index contributed by atoms with van der Waals surface area (Å²) in [5.74, 6) is 1.83. The van der Waals surface area contributed by atoms with Gasteiger partial charge in [-0.1, -0.05) is 115 Å². The summed E-state index contributed by atoms with van der Waals surface area (Å²) in [4.78, 5) is 15.2. The Morgan fingerprint density at radius 1 is 0.465 bits per heavy atom. The Bertz CT molecular complexity index is 1940. The summed E-state index contributed by atoms with van der Waals surface area (Å²) in [7, 11) is -0.481. The third-order valence-electron chi connectivity index (χ3n) is 8.57. The SMILES string of the molecule is CC1(C)OB(c2cccc(-c3nc(-c4ccc5ccccc5c4)nc(-c4ccccc4-c4ccccc4)n3)c2)OC1(C)C. The Balaban J connectivity index is 1.39. The molecule has 2 heterocycles. The quantitative estimate of drug-likeness (QED) is 0.200. The summed E-state index contributed by atoms with van der Waals surface area (Å²) in [5, 5.41) is 2.31. The zero-order valence-electron chi connectivity index (χ0n) is 24.8. The van der Waals surface area contributed by atoms with Crippen molar-refractivity contribution in [1.29, 1.82) is 0 Å². The van der Waals surface area contributed by atoms with Gasteiger partial charge >= 0.3 is 7.12 Å². The van der Waals surface area contributed by atoms with E-state index in [-0.39, 0.29) is 0 Å². The van der Waals surface area contributed by atoms with Crippen molar-refractivity contribution in [3.8, 4) is 45.3 Å². The molecule has 0 saturated carbocycles. The van der Waals surface area contributed by atoms with Gasteiger partial charge in [0.1, 0.15) is 0 Å². The predicted octanol–water partition coefficient (Wildman–Crippen LogP) is 7.99. The molecule has 1 aliphatic heterocycles. The number of hydrogen-bond acceptors (Lipinski definition) is 5. The maximum atomic E-state index is 6.36. The van der Waals surface area contributed by atoms with Crippen LogP contribution in [-0.4, -0.2) is 33.3 Å². The summed E-state index contributed by atoms with van der Waals surface area (Å²) in [6, 6.07) is 41.4.